The molecule has 1 aromatic carbocycles. The highest BCUT2D eigenvalue weighted by Crippen LogP contribution is 2.66. The molecule has 1 aliphatic rings. The van der Waals surface area contributed by atoms with Crippen molar-refractivity contribution in [2.24, 2.45) is 5.11 Å². The molecule has 2 aromatic heterocycles. The minimum absolute atomic E-state index is 0.0357. The van der Waals surface area contributed by atoms with Crippen LogP contribution in [-0.4, -0.2) is 63.9 Å². The van der Waals surface area contributed by atoms with E-state index in [0.29, 0.717) is 5.56 Å². The van der Waals surface area contributed by atoms with Gasteiger partial charge in [-0.2, -0.15) is 8.62 Å². The Morgan fingerprint density at radius 2 is 1.86 bits per heavy atom. The molecule has 4 rings (SSSR count). The summed E-state index contributed by atoms with van der Waals surface area (Å²) in [5.41, 5.74) is 14.5. The van der Waals surface area contributed by atoms with E-state index >= 15 is 0 Å². The molecule has 44 heavy (non-hydrogen) atoms. The van der Waals surface area contributed by atoms with Crippen LogP contribution in [-0.2, 0) is 41.9 Å². The van der Waals surface area contributed by atoms with E-state index in [0.717, 1.165) is 0 Å². The Morgan fingerprint density at radius 3 is 2.55 bits per heavy atom. The predicted octanol–water partition coefficient (Wildman–Crippen LogP) is 2.81. The highest BCUT2D eigenvalue weighted by molar-refractivity contribution is 7.66. The van der Waals surface area contributed by atoms with Crippen LogP contribution in [0.2, 0.25) is 0 Å². The summed E-state index contributed by atoms with van der Waals surface area (Å²) < 4.78 is 60.2. The highest BCUT2D eigenvalue weighted by atomic mass is 31.3. The van der Waals surface area contributed by atoms with E-state index in [9.17, 15) is 28.3 Å². The number of carbonyl (C=O) groups excluding carboxylic acids is 1. The second-order valence-corrected chi connectivity index (χ2v) is 14.0. The third kappa shape index (κ3) is 8.05. The summed E-state index contributed by atoms with van der Waals surface area (Å²) in [5.74, 6) is -0.820. The maximum Gasteiger partial charge on any atom is 0.490 e. The molecule has 1 saturated heterocycles. The molecule has 5 atom stereocenters. The molecule has 0 spiro atoms. The van der Waals surface area contributed by atoms with Crippen LogP contribution in [0.3, 0.4) is 0 Å². The number of rotatable bonds is 12. The van der Waals surface area contributed by atoms with Gasteiger partial charge < -0.3 is 34.8 Å². The van der Waals surface area contributed by atoms with Crippen molar-refractivity contribution in [2.75, 3.05) is 12.3 Å². The van der Waals surface area contributed by atoms with Crippen LogP contribution in [0.4, 0.5) is 5.82 Å². The zero-order valence-electron chi connectivity index (χ0n) is 22.6. The van der Waals surface area contributed by atoms with Crippen LogP contribution >= 0.6 is 23.5 Å². The zero-order chi connectivity index (χ0) is 32.5. The highest BCUT2D eigenvalue weighted by Gasteiger charge is 2.45. The number of hydrogen-bond acceptors (Lipinski definition) is 14. The number of imidazole rings is 1. The molecule has 3 heterocycles. The Balaban J connectivity index is 1.60. The summed E-state index contributed by atoms with van der Waals surface area (Å²) in [4.78, 5) is 65.2. The lowest BCUT2D eigenvalue weighted by Crippen LogP contribution is -2.32. The topological polar surface area (TPSA) is 314 Å². The van der Waals surface area contributed by atoms with E-state index in [1.165, 1.54) is 23.3 Å². The Morgan fingerprint density at radius 1 is 1.16 bits per heavy atom. The van der Waals surface area contributed by atoms with Gasteiger partial charge in [-0.3, -0.25) is 9.09 Å². The number of nitrogens with zero attached hydrogens (tertiary/aromatic N) is 7. The Bertz CT molecular complexity index is 1760. The van der Waals surface area contributed by atoms with E-state index in [-0.39, 0.29) is 29.0 Å². The van der Waals surface area contributed by atoms with Crippen LogP contribution in [0, 0.1) is 0 Å². The number of hydrogen-bond donors (Lipinski definition) is 5. The van der Waals surface area contributed by atoms with Gasteiger partial charge in [0, 0.05) is 11.3 Å². The SMILES string of the molecule is CC(C)(N=[N+]=[N-])c1ccccc1C(=O)OC1C[C@H](n2cnc3c(N)ncnc32)O[C@@H]1COP(=O)(O)OP(=O)(O)OP(=O)(O)O. The van der Waals surface area contributed by atoms with Crippen LogP contribution in [0.25, 0.3) is 21.6 Å². The molecule has 0 amide bonds. The number of carbonyl (C=O) groups is 1. The van der Waals surface area contributed by atoms with Gasteiger partial charge in [0.05, 0.1) is 24.0 Å². The van der Waals surface area contributed by atoms with Gasteiger partial charge >= 0.3 is 29.4 Å². The summed E-state index contributed by atoms with van der Waals surface area (Å²) in [6.07, 6.45) is -1.14. The molecular formula is C20H25N8O13P3. The van der Waals surface area contributed by atoms with E-state index in [2.05, 4.69) is 33.6 Å². The molecule has 6 N–H and O–H groups in total. The molecular weight excluding hydrogens is 653 g/mol. The normalized spacial score (nSPS) is 21.7. The van der Waals surface area contributed by atoms with E-state index < -0.39 is 60.0 Å². The molecule has 238 valence electrons. The van der Waals surface area contributed by atoms with Gasteiger partial charge in [-0.05, 0) is 17.2 Å². The first-order valence-electron chi connectivity index (χ1n) is 12.1. The first-order chi connectivity index (χ1) is 20.4. The van der Waals surface area contributed by atoms with E-state index in [4.69, 9.17) is 35.0 Å². The van der Waals surface area contributed by atoms with Crippen molar-refractivity contribution < 1.29 is 60.7 Å². The smallest absolute Gasteiger partial charge is 0.456 e. The predicted molar refractivity (Wildman–Crippen MR) is 146 cm³/mol. The van der Waals surface area contributed by atoms with Crippen LogP contribution in [0.1, 0.15) is 42.4 Å². The van der Waals surface area contributed by atoms with Crippen molar-refractivity contribution in [3.05, 3.63) is 58.5 Å². The van der Waals surface area contributed by atoms with Crippen LogP contribution in [0.15, 0.2) is 42.0 Å². The fourth-order valence-electron chi connectivity index (χ4n) is 4.26. The number of phosphoric acid groups is 3. The number of nitrogens with two attached hydrogens (primary N) is 1. The molecule has 24 heteroatoms. The number of phosphoric ester groups is 1. The summed E-state index contributed by atoms with van der Waals surface area (Å²) in [5, 5.41) is 3.73. The van der Waals surface area contributed by atoms with Crippen molar-refractivity contribution in [3.63, 3.8) is 0 Å². The first-order valence-corrected chi connectivity index (χ1v) is 16.7. The van der Waals surface area contributed by atoms with Crippen molar-refractivity contribution in [3.8, 4) is 0 Å². The lowest BCUT2D eigenvalue weighted by Gasteiger charge is -2.24. The summed E-state index contributed by atoms with van der Waals surface area (Å²) >= 11 is 0. The molecule has 1 fully saturated rings. The van der Waals surface area contributed by atoms with Gasteiger partial charge in [0.25, 0.3) is 0 Å². The standard InChI is InChI=1S/C20H25N8O13P3/c1-20(2,26-27-22)12-6-4-3-5-11(12)19(29)39-13-7-15(28-10-25-16-17(21)23-9-24-18(16)28)38-14(13)8-37-43(33,34)41-44(35,36)40-42(30,31)32/h3-6,9-10,13-15H,7-8H2,1-2H3,(H,33,34)(H,35,36)(H2,21,23,24)(H2,30,31,32)/t13?,14-,15-/m1/s1. The number of azide groups is 1. The molecule has 0 aliphatic carbocycles. The molecule has 0 saturated carbocycles. The fraction of sp³-hybridized carbons (Fsp3) is 0.400. The lowest BCUT2D eigenvalue weighted by molar-refractivity contribution is -0.0490. The number of aromatic nitrogens is 4. The minimum Gasteiger partial charge on any atom is -0.456 e. The van der Waals surface area contributed by atoms with Gasteiger partial charge in [-0.15, -0.1) is 0 Å². The maximum absolute atomic E-state index is 13.4. The summed E-state index contributed by atoms with van der Waals surface area (Å²) in [6, 6.07) is 6.17. The Hall–Kier alpha value is -3.28. The fourth-order valence-corrected chi connectivity index (χ4v) is 7.29. The zero-order valence-corrected chi connectivity index (χ0v) is 25.3. The Kier molecular flexibility index (Phi) is 9.63. The van der Waals surface area contributed by atoms with Gasteiger partial charge in [0.1, 0.15) is 30.3 Å². The van der Waals surface area contributed by atoms with Crippen molar-refractivity contribution in [1.82, 2.24) is 19.5 Å². The number of nitrogen functional groups attached to an aromatic ring is 1. The monoisotopic (exact) mass is 678 g/mol. The first kappa shape index (κ1) is 33.6. The Labute approximate surface area is 247 Å². The van der Waals surface area contributed by atoms with E-state index in [1.54, 1.807) is 32.0 Å². The average molecular weight is 678 g/mol. The van der Waals surface area contributed by atoms with Crippen LogP contribution in [0.5, 0.6) is 0 Å². The second kappa shape index (κ2) is 12.6. The van der Waals surface area contributed by atoms with Crippen molar-refractivity contribution in [2.45, 2.75) is 44.2 Å². The number of benzene rings is 1. The molecule has 0 radical (unpaired) electrons. The third-order valence-electron chi connectivity index (χ3n) is 6.05. The van der Waals surface area contributed by atoms with Gasteiger partial charge in [-0.1, -0.05) is 37.2 Å². The van der Waals surface area contributed by atoms with Crippen molar-refractivity contribution in [1.29, 1.82) is 0 Å². The minimum atomic E-state index is -5.79. The van der Waals surface area contributed by atoms with Crippen molar-refractivity contribution >= 4 is 46.4 Å². The van der Waals surface area contributed by atoms with Gasteiger partial charge in [-0.25, -0.2) is 33.4 Å². The quantitative estimate of drug-likeness (QED) is 0.0604. The average Bonchev–Trinajstić information content (AvgIpc) is 3.50. The molecule has 3 aromatic rings. The largest absolute Gasteiger partial charge is 0.490 e. The molecule has 1 aliphatic heterocycles. The lowest BCUT2D eigenvalue weighted by atomic mass is 9.91. The second-order valence-electron chi connectivity index (χ2n) is 9.57. The number of ether oxygens (including phenoxy) is 2. The van der Waals surface area contributed by atoms with Gasteiger partial charge in [0.15, 0.2) is 11.5 Å². The molecule has 0 bridgehead atoms. The van der Waals surface area contributed by atoms with Crippen LogP contribution < -0.4 is 5.73 Å². The number of fused-ring (bicyclic) bond motifs is 1. The third-order valence-corrected chi connectivity index (χ3v) is 9.86. The number of anilines is 1. The van der Waals surface area contributed by atoms with E-state index in [1.807, 2.05) is 0 Å². The van der Waals surface area contributed by atoms with Gasteiger partial charge in [0.2, 0.25) is 0 Å². The molecule has 3 unspecified atom stereocenters. The summed E-state index contributed by atoms with van der Waals surface area (Å²) in [7, 11) is -16.9. The number of esters is 1. The molecule has 21 nitrogen and oxygen atoms in total. The maximum atomic E-state index is 13.4. The summed E-state index contributed by atoms with van der Waals surface area (Å²) in [6.45, 7) is 2.25.